The van der Waals surface area contributed by atoms with Crippen molar-refractivity contribution in [3.05, 3.63) is 35.9 Å². The second-order valence-electron chi connectivity index (χ2n) is 5.86. The molecule has 0 spiro atoms. The lowest BCUT2D eigenvalue weighted by molar-refractivity contribution is -0.134. The lowest BCUT2D eigenvalue weighted by atomic mass is 9.94. The summed E-state index contributed by atoms with van der Waals surface area (Å²) < 4.78 is 25.2. The summed E-state index contributed by atoms with van der Waals surface area (Å²) in [6.07, 6.45) is 3.28. The van der Waals surface area contributed by atoms with Crippen molar-refractivity contribution < 1.29 is 13.2 Å². The van der Waals surface area contributed by atoms with Gasteiger partial charge in [-0.1, -0.05) is 37.3 Å². The first-order valence-electron chi connectivity index (χ1n) is 7.71. The Morgan fingerprint density at radius 1 is 1.27 bits per heavy atom. The summed E-state index contributed by atoms with van der Waals surface area (Å²) >= 11 is 0. The van der Waals surface area contributed by atoms with E-state index in [0.717, 1.165) is 12.0 Å². The molecule has 6 heteroatoms. The number of benzene rings is 1. The number of likely N-dealkylation sites (tertiary alicyclic amines) is 1. The van der Waals surface area contributed by atoms with E-state index in [2.05, 4.69) is 4.72 Å². The van der Waals surface area contributed by atoms with Crippen LogP contribution in [0.4, 0.5) is 0 Å². The molecule has 1 unspecified atom stereocenters. The fourth-order valence-electron chi connectivity index (χ4n) is 2.98. The molecule has 1 aromatic carbocycles. The molecule has 1 atom stereocenters. The van der Waals surface area contributed by atoms with Gasteiger partial charge in [-0.2, -0.15) is 0 Å². The SMILES string of the molecule is CCC(C(=O)N1CCC(NS(C)(=O)=O)CC1)c1ccccc1. The predicted molar refractivity (Wildman–Crippen MR) is 87.1 cm³/mol. The van der Waals surface area contributed by atoms with E-state index >= 15 is 0 Å². The molecule has 0 aromatic heterocycles. The first-order valence-corrected chi connectivity index (χ1v) is 9.61. The van der Waals surface area contributed by atoms with Crippen LogP contribution >= 0.6 is 0 Å². The van der Waals surface area contributed by atoms with Crippen LogP contribution < -0.4 is 4.72 Å². The fraction of sp³-hybridized carbons (Fsp3) is 0.562. The topological polar surface area (TPSA) is 66.5 Å². The molecule has 0 aliphatic carbocycles. The molecule has 122 valence electrons. The molecule has 1 amide bonds. The number of rotatable bonds is 5. The monoisotopic (exact) mass is 324 g/mol. The average Bonchev–Trinajstić information content (AvgIpc) is 2.48. The molecule has 2 rings (SSSR count). The molecule has 1 aliphatic rings. The van der Waals surface area contributed by atoms with Crippen LogP contribution in [0.5, 0.6) is 0 Å². The third kappa shape index (κ3) is 4.55. The number of sulfonamides is 1. The van der Waals surface area contributed by atoms with Gasteiger partial charge >= 0.3 is 0 Å². The number of carbonyl (C=O) groups is 1. The molecule has 0 saturated carbocycles. The van der Waals surface area contributed by atoms with E-state index in [9.17, 15) is 13.2 Å². The molecule has 0 bridgehead atoms. The zero-order valence-corrected chi connectivity index (χ0v) is 14.0. The smallest absolute Gasteiger partial charge is 0.230 e. The van der Waals surface area contributed by atoms with E-state index < -0.39 is 10.0 Å². The molecular weight excluding hydrogens is 300 g/mol. The van der Waals surface area contributed by atoms with Crippen LogP contribution in [0.2, 0.25) is 0 Å². The van der Waals surface area contributed by atoms with Crippen molar-refractivity contribution >= 4 is 15.9 Å². The van der Waals surface area contributed by atoms with Crippen molar-refractivity contribution in [1.29, 1.82) is 0 Å². The molecule has 1 N–H and O–H groups in total. The summed E-state index contributed by atoms with van der Waals surface area (Å²) in [5.41, 5.74) is 1.05. The second-order valence-corrected chi connectivity index (χ2v) is 7.64. The van der Waals surface area contributed by atoms with Gasteiger partial charge in [0.25, 0.3) is 0 Å². The highest BCUT2D eigenvalue weighted by molar-refractivity contribution is 7.88. The summed E-state index contributed by atoms with van der Waals surface area (Å²) in [6.45, 7) is 3.23. The number of nitrogens with zero attached hydrogens (tertiary/aromatic N) is 1. The molecule has 22 heavy (non-hydrogen) atoms. The van der Waals surface area contributed by atoms with Gasteiger partial charge < -0.3 is 4.90 Å². The zero-order chi connectivity index (χ0) is 16.2. The Hall–Kier alpha value is -1.40. The number of hydrogen-bond donors (Lipinski definition) is 1. The Morgan fingerprint density at radius 2 is 1.86 bits per heavy atom. The Bertz CT molecular complexity index is 593. The molecule has 1 heterocycles. The van der Waals surface area contributed by atoms with E-state index in [1.54, 1.807) is 0 Å². The largest absolute Gasteiger partial charge is 0.342 e. The minimum Gasteiger partial charge on any atom is -0.342 e. The summed E-state index contributed by atoms with van der Waals surface area (Å²) in [6, 6.07) is 9.77. The Balaban J connectivity index is 1.97. The van der Waals surface area contributed by atoms with E-state index in [0.29, 0.717) is 25.9 Å². The third-order valence-corrected chi connectivity index (χ3v) is 4.86. The number of hydrogen-bond acceptors (Lipinski definition) is 3. The van der Waals surface area contributed by atoms with Gasteiger partial charge in [-0.3, -0.25) is 4.79 Å². The second kappa shape index (κ2) is 7.24. The highest BCUT2D eigenvalue weighted by Crippen LogP contribution is 2.24. The van der Waals surface area contributed by atoms with Crippen molar-refractivity contribution in [2.45, 2.75) is 38.1 Å². The quantitative estimate of drug-likeness (QED) is 0.897. The normalized spacial score (nSPS) is 18.2. The Morgan fingerprint density at radius 3 is 2.36 bits per heavy atom. The number of carbonyl (C=O) groups excluding carboxylic acids is 1. The zero-order valence-electron chi connectivity index (χ0n) is 13.2. The summed E-state index contributed by atoms with van der Waals surface area (Å²) in [4.78, 5) is 14.6. The molecular formula is C16H24N2O3S. The lowest BCUT2D eigenvalue weighted by Crippen LogP contribution is -2.47. The van der Waals surface area contributed by atoms with Gasteiger partial charge in [-0.05, 0) is 24.8 Å². The summed E-state index contributed by atoms with van der Waals surface area (Å²) in [5.74, 6) is 0.0344. The first-order chi connectivity index (χ1) is 10.4. The predicted octanol–water partition coefficient (Wildman–Crippen LogP) is 1.72. The highest BCUT2D eigenvalue weighted by Gasteiger charge is 2.29. The maximum absolute atomic E-state index is 12.7. The maximum atomic E-state index is 12.7. The van der Waals surface area contributed by atoms with Gasteiger partial charge in [-0.15, -0.1) is 0 Å². The van der Waals surface area contributed by atoms with E-state index in [1.807, 2.05) is 42.2 Å². The fourth-order valence-corrected chi connectivity index (χ4v) is 3.82. The molecule has 1 saturated heterocycles. The standard InChI is InChI=1S/C16H24N2O3S/c1-3-15(13-7-5-4-6-8-13)16(19)18-11-9-14(10-12-18)17-22(2,20)21/h4-8,14-15,17H,3,9-12H2,1-2H3. The maximum Gasteiger partial charge on any atom is 0.230 e. The van der Waals surface area contributed by atoms with Gasteiger partial charge in [0.1, 0.15) is 0 Å². The molecule has 0 radical (unpaired) electrons. The Labute approximate surface area is 132 Å². The van der Waals surface area contributed by atoms with Crippen LogP contribution in [0, 0.1) is 0 Å². The van der Waals surface area contributed by atoms with E-state index in [1.165, 1.54) is 6.26 Å². The van der Waals surface area contributed by atoms with Crippen molar-refractivity contribution in [3.63, 3.8) is 0 Å². The van der Waals surface area contributed by atoms with Crippen LogP contribution in [0.25, 0.3) is 0 Å². The minimum absolute atomic E-state index is 0.0594. The van der Waals surface area contributed by atoms with Gasteiger partial charge in [0.2, 0.25) is 15.9 Å². The number of amides is 1. The lowest BCUT2D eigenvalue weighted by Gasteiger charge is -2.34. The van der Waals surface area contributed by atoms with Gasteiger partial charge in [0, 0.05) is 19.1 Å². The Kier molecular flexibility index (Phi) is 5.58. The van der Waals surface area contributed by atoms with Crippen molar-refractivity contribution in [1.82, 2.24) is 9.62 Å². The van der Waals surface area contributed by atoms with Crippen LogP contribution in [-0.2, 0) is 14.8 Å². The minimum atomic E-state index is -3.18. The first kappa shape index (κ1) is 17.0. The van der Waals surface area contributed by atoms with Crippen molar-refractivity contribution in [2.24, 2.45) is 0 Å². The highest BCUT2D eigenvalue weighted by atomic mass is 32.2. The van der Waals surface area contributed by atoms with Gasteiger partial charge in [-0.25, -0.2) is 13.1 Å². The van der Waals surface area contributed by atoms with Crippen LogP contribution in [0.3, 0.4) is 0 Å². The van der Waals surface area contributed by atoms with Crippen molar-refractivity contribution in [3.8, 4) is 0 Å². The average molecular weight is 324 g/mol. The third-order valence-electron chi connectivity index (χ3n) is 4.10. The van der Waals surface area contributed by atoms with Crippen molar-refractivity contribution in [2.75, 3.05) is 19.3 Å². The van der Waals surface area contributed by atoms with E-state index in [4.69, 9.17) is 0 Å². The molecule has 1 fully saturated rings. The summed E-state index contributed by atoms with van der Waals surface area (Å²) in [5, 5.41) is 0. The number of nitrogens with one attached hydrogen (secondary N) is 1. The van der Waals surface area contributed by atoms with Gasteiger partial charge in [0.05, 0.1) is 12.2 Å². The van der Waals surface area contributed by atoms with Crippen LogP contribution in [0.15, 0.2) is 30.3 Å². The van der Waals surface area contributed by atoms with E-state index in [-0.39, 0.29) is 17.9 Å². The molecule has 5 nitrogen and oxygen atoms in total. The number of piperidine rings is 1. The van der Waals surface area contributed by atoms with Crippen LogP contribution in [-0.4, -0.2) is 44.6 Å². The van der Waals surface area contributed by atoms with Gasteiger partial charge in [0.15, 0.2) is 0 Å². The molecule has 1 aromatic rings. The van der Waals surface area contributed by atoms with Crippen LogP contribution in [0.1, 0.15) is 37.7 Å². The summed E-state index contributed by atoms with van der Waals surface area (Å²) in [7, 11) is -3.18. The molecule has 1 aliphatic heterocycles.